The number of likely N-dealkylation sites (N-methyl/N-ethyl adjacent to an activating group) is 1. The SMILES string of the molecule is CCN1CCc2c(sc3nc(COc4ccc(Cl)cc4Cl)n(N)c(=O)c23)C1. The van der Waals surface area contributed by atoms with E-state index in [0.717, 1.165) is 36.3 Å². The first-order valence-electron chi connectivity index (χ1n) is 8.59. The van der Waals surface area contributed by atoms with Crippen LogP contribution in [0.15, 0.2) is 23.0 Å². The lowest BCUT2D eigenvalue weighted by atomic mass is 10.1. The van der Waals surface area contributed by atoms with Crippen LogP contribution >= 0.6 is 34.5 Å². The smallest absolute Gasteiger partial charge is 0.281 e. The molecular weight excluding hydrogens is 407 g/mol. The minimum absolute atomic E-state index is 0.0344. The van der Waals surface area contributed by atoms with Gasteiger partial charge in [0.15, 0.2) is 5.82 Å². The number of nitrogens with two attached hydrogens (primary N) is 1. The maximum atomic E-state index is 12.8. The third-order valence-corrected chi connectivity index (χ3v) is 6.40. The van der Waals surface area contributed by atoms with Gasteiger partial charge in [-0.2, -0.15) is 0 Å². The van der Waals surface area contributed by atoms with Crippen LogP contribution in [-0.2, 0) is 19.6 Å². The second kappa shape index (κ2) is 7.31. The zero-order valence-electron chi connectivity index (χ0n) is 14.7. The number of nitrogen functional groups attached to an aromatic ring is 1. The molecule has 1 aliphatic heterocycles. The molecule has 0 saturated carbocycles. The number of fused-ring (bicyclic) bond motifs is 3. The van der Waals surface area contributed by atoms with Gasteiger partial charge in [-0.1, -0.05) is 30.1 Å². The van der Waals surface area contributed by atoms with E-state index in [1.54, 1.807) is 29.5 Å². The van der Waals surface area contributed by atoms with E-state index in [0.29, 0.717) is 31.8 Å². The van der Waals surface area contributed by atoms with Gasteiger partial charge in [-0.05, 0) is 36.7 Å². The number of thiophene rings is 1. The molecule has 0 bridgehead atoms. The van der Waals surface area contributed by atoms with Crippen molar-refractivity contribution in [2.75, 3.05) is 18.9 Å². The summed E-state index contributed by atoms with van der Waals surface area (Å²) in [4.78, 5) is 21.7. The fourth-order valence-electron chi connectivity index (χ4n) is 3.26. The number of ether oxygens (including phenoxy) is 1. The molecule has 3 heterocycles. The third-order valence-electron chi connectivity index (χ3n) is 4.76. The van der Waals surface area contributed by atoms with Crippen molar-refractivity contribution in [2.45, 2.75) is 26.5 Å². The summed E-state index contributed by atoms with van der Waals surface area (Å²) in [5, 5.41) is 1.55. The van der Waals surface area contributed by atoms with Crippen molar-refractivity contribution in [1.82, 2.24) is 14.6 Å². The molecule has 0 atom stereocenters. The van der Waals surface area contributed by atoms with E-state index in [1.807, 2.05) is 0 Å². The number of nitrogens with zero attached hydrogens (tertiary/aromatic N) is 3. The first-order valence-corrected chi connectivity index (χ1v) is 10.2. The highest BCUT2D eigenvalue weighted by atomic mass is 35.5. The molecule has 0 aliphatic carbocycles. The monoisotopic (exact) mass is 424 g/mol. The maximum Gasteiger partial charge on any atom is 0.281 e. The molecule has 27 heavy (non-hydrogen) atoms. The minimum Gasteiger partial charge on any atom is -0.484 e. The number of halogens is 2. The van der Waals surface area contributed by atoms with Crippen LogP contribution in [0.2, 0.25) is 10.0 Å². The molecular formula is C18H18Cl2N4O2S. The van der Waals surface area contributed by atoms with E-state index in [1.165, 1.54) is 4.88 Å². The summed E-state index contributed by atoms with van der Waals surface area (Å²) in [6.07, 6.45) is 0.844. The van der Waals surface area contributed by atoms with E-state index >= 15 is 0 Å². The summed E-state index contributed by atoms with van der Waals surface area (Å²) in [5.74, 6) is 6.83. The topological polar surface area (TPSA) is 73.4 Å². The van der Waals surface area contributed by atoms with Gasteiger partial charge in [0.05, 0.1) is 10.4 Å². The van der Waals surface area contributed by atoms with Crippen molar-refractivity contribution < 1.29 is 4.74 Å². The van der Waals surface area contributed by atoms with Crippen LogP contribution in [0.5, 0.6) is 5.75 Å². The zero-order valence-corrected chi connectivity index (χ0v) is 17.0. The summed E-state index contributed by atoms with van der Waals surface area (Å²) in [5.41, 5.74) is 0.855. The highest BCUT2D eigenvalue weighted by Crippen LogP contribution is 2.33. The second-order valence-electron chi connectivity index (χ2n) is 6.37. The van der Waals surface area contributed by atoms with Crippen LogP contribution in [0.1, 0.15) is 23.2 Å². The molecule has 0 unspecified atom stereocenters. The standard InChI is InChI=1S/C18H18Cl2N4O2S/c1-2-23-6-5-11-14(8-23)27-17-16(11)18(25)24(21)15(22-17)9-26-13-4-3-10(19)7-12(13)20/h3-4,7H,2,5-6,8-9,21H2,1H3. The van der Waals surface area contributed by atoms with Crippen molar-refractivity contribution in [1.29, 1.82) is 0 Å². The first-order chi connectivity index (χ1) is 13.0. The Morgan fingerprint density at radius 1 is 1.37 bits per heavy atom. The third kappa shape index (κ3) is 3.40. The lowest BCUT2D eigenvalue weighted by Crippen LogP contribution is -2.33. The van der Waals surface area contributed by atoms with Crippen molar-refractivity contribution >= 4 is 44.8 Å². The average Bonchev–Trinajstić information content (AvgIpc) is 3.02. The summed E-state index contributed by atoms with van der Waals surface area (Å²) < 4.78 is 6.78. The van der Waals surface area contributed by atoms with Gasteiger partial charge in [0.1, 0.15) is 17.2 Å². The molecule has 0 amide bonds. The van der Waals surface area contributed by atoms with Crippen molar-refractivity contribution in [3.05, 3.63) is 54.9 Å². The van der Waals surface area contributed by atoms with Crippen LogP contribution in [-0.4, -0.2) is 27.6 Å². The average molecular weight is 425 g/mol. The molecule has 3 aromatic rings. The normalized spacial score (nSPS) is 14.5. The van der Waals surface area contributed by atoms with Gasteiger partial charge in [0, 0.05) is 23.0 Å². The molecule has 1 aromatic carbocycles. The van der Waals surface area contributed by atoms with Crippen LogP contribution in [0.3, 0.4) is 0 Å². The molecule has 2 aromatic heterocycles. The fraction of sp³-hybridized carbons (Fsp3) is 0.333. The van der Waals surface area contributed by atoms with Crippen molar-refractivity contribution in [3.8, 4) is 5.75 Å². The van der Waals surface area contributed by atoms with Crippen molar-refractivity contribution in [2.24, 2.45) is 0 Å². The number of rotatable bonds is 4. The van der Waals surface area contributed by atoms with Gasteiger partial charge in [0.2, 0.25) is 0 Å². The van der Waals surface area contributed by atoms with Crippen LogP contribution in [0.25, 0.3) is 10.2 Å². The Balaban J connectivity index is 1.68. The maximum absolute atomic E-state index is 12.8. The van der Waals surface area contributed by atoms with Crippen LogP contribution < -0.4 is 16.1 Å². The lowest BCUT2D eigenvalue weighted by molar-refractivity contribution is 0.272. The van der Waals surface area contributed by atoms with E-state index in [2.05, 4.69) is 16.8 Å². The zero-order chi connectivity index (χ0) is 19.1. The lowest BCUT2D eigenvalue weighted by Gasteiger charge is -2.24. The van der Waals surface area contributed by atoms with Crippen LogP contribution in [0.4, 0.5) is 0 Å². The highest BCUT2D eigenvalue weighted by molar-refractivity contribution is 7.18. The second-order valence-corrected chi connectivity index (χ2v) is 8.30. The molecule has 142 valence electrons. The van der Waals surface area contributed by atoms with E-state index in [9.17, 15) is 4.79 Å². The Labute approximate surface area is 170 Å². The molecule has 0 radical (unpaired) electrons. The Hall–Kier alpha value is -1.80. The number of aromatic nitrogens is 2. The summed E-state index contributed by atoms with van der Waals surface area (Å²) >= 11 is 13.6. The quantitative estimate of drug-likeness (QED) is 0.649. The molecule has 6 nitrogen and oxygen atoms in total. The molecule has 0 fully saturated rings. The Morgan fingerprint density at radius 2 is 2.19 bits per heavy atom. The van der Waals surface area contributed by atoms with Gasteiger partial charge in [-0.3, -0.25) is 9.69 Å². The van der Waals surface area contributed by atoms with Gasteiger partial charge in [0.25, 0.3) is 5.56 Å². The molecule has 1 aliphatic rings. The molecule has 0 spiro atoms. The largest absolute Gasteiger partial charge is 0.484 e. The number of hydrogen-bond acceptors (Lipinski definition) is 6. The van der Waals surface area contributed by atoms with Crippen molar-refractivity contribution in [3.63, 3.8) is 0 Å². The van der Waals surface area contributed by atoms with Gasteiger partial charge in [-0.15, -0.1) is 11.3 Å². The Kier molecular flexibility index (Phi) is 5.03. The molecule has 4 rings (SSSR count). The highest BCUT2D eigenvalue weighted by Gasteiger charge is 2.24. The van der Waals surface area contributed by atoms with Gasteiger partial charge < -0.3 is 10.6 Å². The Morgan fingerprint density at radius 3 is 2.93 bits per heavy atom. The minimum atomic E-state index is -0.233. The van der Waals surface area contributed by atoms with E-state index in [4.69, 9.17) is 33.8 Å². The Bertz CT molecular complexity index is 1080. The van der Waals surface area contributed by atoms with E-state index in [-0.39, 0.29) is 12.2 Å². The van der Waals surface area contributed by atoms with E-state index < -0.39 is 0 Å². The van der Waals surface area contributed by atoms with Gasteiger partial charge in [-0.25, -0.2) is 9.66 Å². The first kappa shape index (κ1) is 18.6. The summed E-state index contributed by atoms with van der Waals surface area (Å²) in [7, 11) is 0. The van der Waals surface area contributed by atoms with Crippen LogP contribution in [0, 0.1) is 0 Å². The summed E-state index contributed by atoms with van der Waals surface area (Å²) in [6, 6.07) is 4.95. The number of benzene rings is 1. The predicted molar refractivity (Wildman–Crippen MR) is 109 cm³/mol. The fourth-order valence-corrected chi connectivity index (χ4v) is 4.99. The van der Waals surface area contributed by atoms with Gasteiger partial charge >= 0.3 is 0 Å². The predicted octanol–water partition coefficient (Wildman–Crippen LogP) is 3.44. The number of hydrogen-bond donors (Lipinski definition) is 1. The molecule has 9 heteroatoms. The molecule has 0 saturated heterocycles. The molecule has 2 N–H and O–H groups in total. The summed E-state index contributed by atoms with van der Waals surface area (Å²) in [6.45, 7) is 4.96.